The van der Waals surface area contributed by atoms with Gasteiger partial charge in [-0.2, -0.15) is 0 Å². The normalized spacial score (nSPS) is 22.7. The van der Waals surface area contributed by atoms with E-state index in [4.69, 9.17) is 9.47 Å². The van der Waals surface area contributed by atoms with Crippen LogP contribution in [0.25, 0.3) is 33.2 Å². The van der Waals surface area contributed by atoms with E-state index in [0.717, 1.165) is 70.0 Å². The van der Waals surface area contributed by atoms with Crippen LogP contribution in [0.15, 0.2) is 48.6 Å². The zero-order valence-corrected chi connectivity index (χ0v) is 35.8. The summed E-state index contributed by atoms with van der Waals surface area (Å²) in [7, 11) is 0. The van der Waals surface area contributed by atoms with Crippen molar-refractivity contribution < 1.29 is 37.4 Å². The summed E-state index contributed by atoms with van der Waals surface area (Å²) in [5.74, 6) is -3.30. The number of benzene rings is 2. The Hall–Kier alpha value is -5.00. The molecular weight excluding hydrogens is 767 g/mol. The molecule has 2 aromatic carbocycles. The first-order chi connectivity index (χ1) is 28.5. The highest BCUT2D eigenvalue weighted by molar-refractivity contribution is 5.98. The highest BCUT2D eigenvalue weighted by Gasteiger charge is 2.40. The van der Waals surface area contributed by atoms with Gasteiger partial charge in [0, 0.05) is 49.0 Å². The van der Waals surface area contributed by atoms with E-state index in [-0.39, 0.29) is 61.2 Å². The molecule has 10 nitrogen and oxygen atoms in total. The lowest BCUT2D eigenvalue weighted by Gasteiger charge is -2.31. The number of allylic oxidation sites excluding steroid dienone is 2. The summed E-state index contributed by atoms with van der Waals surface area (Å²) in [6.45, 7) is 13.0. The number of amides is 2. The number of aryl methyl sites for hydroxylation is 2. The molecule has 6 heterocycles. The molecule has 1 unspecified atom stereocenters. The molecule has 320 valence electrons. The molecule has 2 fully saturated rings. The van der Waals surface area contributed by atoms with Crippen molar-refractivity contribution in [2.75, 3.05) is 13.1 Å². The number of esters is 2. The minimum absolute atomic E-state index is 0.108. The molecule has 60 heavy (non-hydrogen) atoms. The Kier molecular flexibility index (Phi) is 11.2. The van der Waals surface area contributed by atoms with Crippen molar-refractivity contribution in [1.29, 1.82) is 0 Å². The number of hydrogen-bond acceptors (Lipinski definition) is 6. The first-order valence-corrected chi connectivity index (χ1v) is 21.8. The Morgan fingerprint density at radius 3 is 1.42 bits per heavy atom. The quantitative estimate of drug-likeness (QED) is 0.151. The molecule has 4 aliphatic rings. The molecular formula is C48H58F2N4O6. The van der Waals surface area contributed by atoms with Crippen LogP contribution in [0.4, 0.5) is 8.78 Å². The number of fused-ring (bicyclic) bond motifs is 8. The Balaban J connectivity index is 1.29. The zero-order valence-electron chi connectivity index (χ0n) is 35.8. The molecule has 4 aliphatic heterocycles. The van der Waals surface area contributed by atoms with Crippen LogP contribution < -0.4 is 0 Å². The standard InChI is InChI=1S/C48H58F2N4O6/c1-47(2,3)59-41(55)23-29-11-7-8-12-30(24-42(56)60-48(4,5)6)46(58)52-20-10-14-34(52)28-38-36-18-16-32(50)26-40(36)54-22-21-53-39-25-31(49)15-17-35(39)37(43(53)44(38)54)27-33-13-9-19-51(33)45(29)57/h7-8,15-18,25-26,29-30,33-34H,9-14,19-24,27-28H2,1-6H3/t29-,30-,33+,34?/m1/s1. The highest BCUT2D eigenvalue weighted by Crippen LogP contribution is 2.45. The summed E-state index contributed by atoms with van der Waals surface area (Å²) in [4.78, 5) is 60.0. The number of ether oxygens (including phenoxy) is 2. The third kappa shape index (κ3) is 8.35. The maximum atomic E-state index is 15.1. The van der Waals surface area contributed by atoms with E-state index in [1.807, 2.05) is 34.1 Å². The lowest BCUT2D eigenvalue weighted by atomic mass is 9.92. The van der Waals surface area contributed by atoms with Gasteiger partial charge in [-0.1, -0.05) is 12.2 Å². The van der Waals surface area contributed by atoms with E-state index < -0.39 is 35.0 Å². The average molecular weight is 825 g/mol. The van der Waals surface area contributed by atoms with Gasteiger partial charge in [-0.3, -0.25) is 19.2 Å². The van der Waals surface area contributed by atoms with Gasteiger partial charge in [-0.25, -0.2) is 8.78 Å². The Labute approximate surface area is 350 Å². The minimum atomic E-state index is -0.730. The molecule has 8 rings (SSSR count). The second-order valence-electron chi connectivity index (χ2n) is 19.3. The van der Waals surface area contributed by atoms with Crippen molar-refractivity contribution in [3.8, 4) is 11.4 Å². The third-order valence-corrected chi connectivity index (χ3v) is 12.6. The summed E-state index contributed by atoms with van der Waals surface area (Å²) in [6, 6.07) is 9.45. The van der Waals surface area contributed by atoms with Crippen molar-refractivity contribution in [2.24, 2.45) is 11.8 Å². The predicted molar refractivity (Wildman–Crippen MR) is 226 cm³/mol. The van der Waals surface area contributed by atoms with Gasteiger partial charge in [0.25, 0.3) is 0 Å². The van der Waals surface area contributed by atoms with Crippen LogP contribution in [0.2, 0.25) is 0 Å². The highest BCUT2D eigenvalue weighted by atomic mass is 19.1. The van der Waals surface area contributed by atoms with Gasteiger partial charge in [0.2, 0.25) is 11.8 Å². The predicted octanol–water partition coefficient (Wildman–Crippen LogP) is 8.67. The minimum Gasteiger partial charge on any atom is -0.460 e. The summed E-state index contributed by atoms with van der Waals surface area (Å²) in [5.41, 5.74) is 3.95. The Bertz CT molecular complexity index is 2220. The second-order valence-corrected chi connectivity index (χ2v) is 19.3. The number of carbonyl (C=O) groups is 4. The summed E-state index contributed by atoms with van der Waals surface area (Å²) in [5, 5.41) is 1.82. The maximum absolute atomic E-state index is 15.1. The fourth-order valence-electron chi connectivity index (χ4n) is 10.3. The van der Waals surface area contributed by atoms with Gasteiger partial charge in [0.05, 0.1) is 47.1 Å². The second kappa shape index (κ2) is 16.1. The summed E-state index contributed by atoms with van der Waals surface area (Å²) in [6.07, 6.45) is 8.18. The number of halogens is 2. The van der Waals surface area contributed by atoms with E-state index in [1.165, 1.54) is 12.1 Å². The zero-order chi connectivity index (χ0) is 42.7. The fraction of sp³-hybridized carbons (Fsp3) is 0.542. The van der Waals surface area contributed by atoms with Crippen molar-refractivity contribution in [3.63, 3.8) is 0 Å². The van der Waals surface area contributed by atoms with Gasteiger partial charge >= 0.3 is 11.9 Å². The number of hydrogen-bond donors (Lipinski definition) is 0. The number of carbonyl (C=O) groups excluding carboxylic acids is 4. The van der Waals surface area contributed by atoms with Gasteiger partial charge in [-0.15, -0.1) is 0 Å². The van der Waals surface area contributed by atoms with E-state index in [2.05, 4.69) is 9.13 Å². The lowest BCUT2D eigenvalue weighted by Crippen LogP contribution is -2.42. The van der Waals surface area contributed by atoms with Crippen LogP contribution in [0, 0.1) is 23.5 Å². The number of rotatable bonds is 4. The van der Waals surface area contributed by atoms with Gasteiger partial charge in [-0.05, 0) is 140 Å². The van der Waals surface area contributed by atoms with Gasteiger partial charge in [0.1, 0.15) is 22.8 Å². The van der Waals surface area contributed by atoms with Crippen molar-refractivity contribution >= 4 is 45.6 Å². The van der Waals surface area contributed by atoms with E-state index in [0.29, 0.717) is 39.0 Å². The molecule has 4 atom stereocenters. The Morgan fingerprint density at radius 2 is 1.03 bits per heavy atom. The third-order valence-electron chi connectivity index (χ3n) is 12.6. The molecule has 2 aromatic heterocycles. The molecule has 0 spiro atoms. The van der Waals surface area contributed by atoms with Crippen LogP contribution in [0.3, 0.4) is 0 Å². The summed E-state index contributed by atoms with van der Waals surface area (Å²) >= 11 is 0. The van der Waals surface area contributed by atoms with E-state index in [9.17, 15) is 19.2 Å². The lowest BCUT2D eigenvalue weighted by molar-refractivity contribution is -0.159. The van der Waals surface area contributed by atoms with Crippen LogP contribution in [-0.2, 0) is 54.6 Å². The van der Waals surface area contributed by atoms with E-state index in [1.54, 1.807) is 53.7 Å². The molecule has 0 radical (unpaired) electrons. The van der Waals surface area contributed by atoms with Gasteiger partial charge < -0.3 is 28.4 Å². The first kappa shape index (κ1) is 41.7. The van der Waals surface area contributed by atoms with Crippen LogP contribution in [-0.4, -0.2) is 79.1 Å². The monoisotopic (exact) mass is 824 g/mol. The maximum Gasteiger partial charge on any atom is 0.307 e. The largest absolute Gasteiger partial charge is 0.460 e. The molecule has 0 bridgehead atoms. The fourth-order valence-corrected chi connectivity index (χ4v) is 10.3. The van der Waals surface area contributed by atoms with Crippen LogP contribution in [0.1, 0.15) is 104 Å². The summed E-state index contributed by atoms with van der Waals surface area (Å²) < 4.78 is 46.1. The number of nitrogens with zero attached hydrogens (tertiary/aromatic N) is 4. The SMILES string of the molecule is CC(C)(C)OC(=O)C[C@H]1CC=CC[C@H](CC(=O)OC(C)(C)C)C(=O)N2CCC[C@H]2Cc2c3n(c4cc(F)ccc24)CCn2c-3c(c3ccc(F)cc32)CC2CCCN2C1=O. The molecule has 2 saturated heterocycles. The average Bonchev–Trinajstić information content (AvgIpc) is 3.95. The molecule has 4 aromatic rings. The van der Waals surface area contributed by atoms with Crippen molar-refractivity contribution in [1.82, 2.24) is 18.9 Å². The molecule has 0 N–H and O–H groups in total. The Morgan fingerprint density at radius 1 is 0.633 bits per heavy atom. The topological polar surface area (TPSA) is 103 Å². The van der Waals surface area contributed by atoms with Crippen LogP contribution in [0.5, 0.6) is 0 Å². The molecule has 0 aliphatic carbocycles. The van der Waals surface area contributed by atoms with Crippen molar-refractivity contribution in [3.05, 3.63) is 71.3 Å². The van der Waals surface area contributed by atoms with Gasteiger partial charge in [0.15, 0.2) is 0 Å². The van der Waals surface area contributed by atoms with E-state index >= 15 is 8.78 Å². The molecule has 2 amide bonds. The number of aromatic nitrogens is 2. The van der Waals surface area contributed by atoms with Crippen molar-refractivity contribution in [2.45, 2.75) is 142 Å². The molecule has 12 heteroatoms. The smallest absolute Gasteiger partial charge is 0.307 e. The molecule has 0 saturated carbocycles. The first-order valence-electron chi connectivity index (χ1n) is 21.8. The van der Waals surface area contributed by atoms with Crippen LogP contribution >= 0.6 is 0 Å².